The summed E-state index contributed by atoms with van der Waals surface area (Å²) < 4.78 is 4.72. The van der Waals surface area contributed by atoms with Gasteiger partial charge in [-0.05, 0) is 229 Å². The van der Waals surface area contributed by atoms with Gasteiger partial charge >= 0.3 is 0 Å². The molecule has 0 amide bonds. The minimum absolute atomic E-state index is 0.733. The number of rotatable bonds is 11. The highest BCUT2D eigenvalue weighted by atomic mass is 35.5. The van der Waals surface area contributed by atoms with Crippen LogP contribution >= 0.6 is 11.6 Å². The first-order valence-electron chi connectivity index (χ1n) is 32.9. The number of para-hydroxylation sites is 4. The molecule has 14 aromatic rings. The number of aromatic nitrogens is 2. The number of nitrogens with one attached hydrogen (secondary N) is 1. The van der Waals surface area contributed by atoms with Gasteiger partial charge in [-0.25, -0.2) is 0 Å². The monoisotopic (exact) mass is 1200 g/mol. The van der Waals surface area contributed by atoms with E-state index >= 15 is 0 Å². The summed E-state index contributed by atoms with van der Waals surface area (Å²) in [6.45, 7) is 0. The Labute approximate surface area is 539 Å². The number of nitrogens with zero attached hydrogens (tertiary/aromatic N) is 3. The Morgan fingerprint density at radius 1 is 0.308 bits per heavy atom. The van der Waals surface area contributed by atoms with Crippen molar-refractivity contribution in [3.8, 4) is 33.6 Å². The van der Waals surface area contributed by atoms with Gasteiger partial charge in [-0.15, -0.1) is 0 Å². The SMILES string of the molecule is Clc1ccc(C2CC3CCC2C3)cc1.c1ccc(-c2ccc(N(c3ccc(C4CC5CCC4C5)cc3)c3ccc4c(c3)c3ccccc3n4-c3ccccc3)cc2)cc1.c1ccc(-c2ccc(Nc3ccc4c(c3)c3ccccc3n4-c3ccccc3)cc2)cc1. The van der Waals surface area contributed by atoms with Crippen molar-refractivity contribution >= 4 is 83.6 Å². The van der Waals surface area contributed by atoms with E-state index in [1.54, 1.807) is 0 Å². The fraction of sp³-hybridized carbons (Fsp3) is 0.163. The van der Waals surface area contributed by atoms with Gasteiger partial charge in [0.1, 0.15) is 0 Å². The van der Waals surface area contributed by atoms with Gasteiger partial charge < -0.3 is 19.4 Å². The molecule has 2 heterocycles. The molecule has 0 radical (unpaired) electrons. The normalized spacial score (nSPS) is 18.7. The molecular weight excluding hydrogens is 1120 g/mol. The fourth-order valence-electron chi connectivity index (χ4n) is 16.2. The van der Waals surface area contributed by atoms with Gasteiger partial charge in [0.15, 0.2) is 0 Å². The van der Waals surface area contributed by atoms with Crippen LogP contribution in [0.25, 0.3) is 77.2 Å². The minimum atomic E-state index is 0.733. The van der Waals surface area contributed by atoms with E-state index in [-0.39, 0.29) is 0 Å². The summed E-state index contributed by atoms with van der Waals surface area (Å²) in [5.41, 5.74) is 20.9. The molecule has 444 valence electrons. The van der Waals surface area contributed by atoms with Crippen LogP contribution in [-0.4, -0.2) is 9.13 Å². The standard InChI is InChI=1S/C43H36N2.C30H22N2.C13H15Cl/c1-3-9-31(10-4-1)32-17-21-36(22-18-32)44(37-23-19-33(20-24-37)40-28-30-15-16-34(40)27-30)38-25-26-43-41(29-38)39-13-7-8-14-42(39)45(43)35-11-5-2-6-12-35;1-3-9-22(10-4-1)23-15-17-24(18-16-23)31-25-19-20-30-28(21-25)27-13-7-8-14-29(27)32(30)26-11-5-2-6-12-26;14-12-5-3-10(4-6-12)13-8-9-1-2-11(13)7-9/h1-14,17-26,29-30,34,40H,15-16,27-28H2;1-21,31H;3-6,9,11,13H,1-2,7-8H2. The van der Waals surface area contributed by atoms with Crippen molar-refractivity contribution in [2.24, 2.45) is 23.7 Å². The van der Waals surface area contributed by atoms with Crippen LogP contribution in [0, 0.1) is 23.7 Å². The van der Waals surface area contributed by atoms with Crippen molar-refractivity contribution in [2.75, 3.05) is 10.2 Å². The maximum atomic E-state index is 5.90. The van der Waals surface area contributed by atoms with Gasteiger partial charge in [0, 0.05) is 66.4 Å². The van der Waals surface area contributed by atoms with E-state index in [1.165, 1.54) is 151 Å². The number of anilines is 5. The van der Waals surface area contributed by atoms with Crippen molar-refractivity contribution in [3.05, 3.63) is 319 Å². The van der Waals surface area contributed by atoms with E-state index < -0.39 is 0 Å². The molecule has 5 heteroatoms. The third kappa shape index (κ3) is 11.3. The number of hydrogen-bond donors (Lipinski definition) is 1. The second-order valence-corrected chi connectivity index (χ2v) is 26.3. The lowest BCUT2D eigenvalue weighted by Gasteiger charge is -2.27. The van der Waals surface area contributed by atoms with Crippen molar-refractivity contribution in [2.45, 2.75) is 63.2 Å². The molecule has 4 nitrogen and oxygen atoms in total. The van der Waals surface area contributed by atoms with Crippen LogP contribution < -0.4 is 10.2 Å². The molecule has 0 saturated heterocycles. The zero-order valence-electron chi connectivity index (χ0n) is 51.2. The highest BCUT2D eigenvalue weighted by molar-refractivity contribution is 6.30. The highest BCUT2D eigenvalue weighted by Gasteiger charge is 2.41. The Bertz CT molecular complexity index is 4810. The summed E-state index contributed by atoms with van der Waals surface area (Å²) in [5.74, 6) is 5.40. The van der Waals surface area contributed by atoms with Crippen LogP contribution in [0.2, 0.25) is 5.02 Å². The van der Waals surface area contributed by atoms with Crippen molar-refractivity contribution in [1.29, 1.82) is 0 Å². The molecule has 6 unspecified atom stereocenters. The number of hydrogen-bond acceptors (Lipinski definition) is 2. The number of benzene rings is 12. The summed E-state index contributed by atoms with van der Waals surface area (Å²) in [6.07, 6.45) is 11.5. The Morgan fingerprint density at radius 2 is 0.692 bits per heavy atom. The summed E-state index contributed by atoms with van der Waals surface area (Å²) in [4.78, 5) is 2.42. The summed E-state index contributed by atoms with van der Waals surface area (Å²) in [5, 5.41) is 9.47. The average molecular weight is 1200 g/mol. The lowest BCUT2D eigenvalue weighted by molar-refractivity contribution is 0.420. The van der Waals surface area contributed by atoms with Gasteiger partial charge in [0.25, 0.3) is 0 Å². The molecule has 0 aliphatic heterocycles. The van der Waals surface area contributed by atoms with Crippen LogP contribution in [-0.2, 0) is 0 Å². The third-order valence-corrected chi connectivity index (χ3v) is 20.7. The molecule has 4 aliphatic rings. The van der Waals surface area contributed by atoms with Gasteiger partial charge in [-0.3, -0.25) is 0 Å². The topological polar surface area (TPSA) is 25.1 Å². The summed E-state index contributed by atoms with van der Waals surface area (Å²) in [7, 11) is 0. The first-order valence-corrected chi connectivity index (χ1v) is 33.3. The fourth-order valence-corrected chi connectivity index (χ4v) is 16.3. The van der Waals surface area contributed by atoms with Gasteiger partial charge in [0.2, 0.25) is 0 Å². The minimum Gasteiger partial charge on any atom is -0.356 e. The average Bonchev–Trinajstić information content (AvgIpc) is 1.66. The van der Waals surface area contributed by atoms with Crippen LogP contribution in [0.4, 0.5) is 28.4 Å². The molecule has 4 aliphatic carbocycles. The molecule has 12 aromatic carbocycles. The number of halogens is 1. The van der Waals surface area contributed by atoms with E-state index in [2.05, 4.69) is 304 Å². The van der Waals surface area contributed by atoms with E-state index in [0.29, 0.717) is 0 Å². The molecule has 2 aromatic heterocycles. The van der Waals surface area contributed by atoms with Gasteiger partial charge in [-0.1, -0.05) is 206 Å². The third-order valence-electron chi connectivity index (χ3n) is 20.5. The number of fused-ring (bicyclic) bond motifs is 10. The van der Waals surface area contributed by atoms with Crippen LogP contribution in [0.3, 0.4) is 0 Å². The lowest BCUT2D eigenvalue weighted by Crippen LogP contribution is -2.11. The zero-order valence-corrected chi connectivity index (χ0v) is 52.0. The first-order chi connectivity index (χ1) is 45.0. The first kappa shape index (κ1) is 56.4. The molecule has 6 atom stereocenters. The molecular formula is C86H73ClN4. The van der Waals surface area contributed by atoms with E-state index in [9.17, 15) is 0 Å². The Morgan fingerprint density at radius 3 is 1.18 bits per heavy atom. The maximum Gasteiger partial charge on any atom is 0.0542 e. The molecule has 4 saturated carbocycles. The van der Waals surface area contributed by atoms with Crippen molar-refractivity contribution in [3.63, 3.8) is 0 Å². The second kappa shape index (κ2) is 24.8. The van der Waals surface area contributed by atoms with E-state index in [1.807, 2.05) is 18.2 Å². The molecule has 4 bridgehead atoms. The quantitative estimate of drug-likeness (QED) is 0.140. The Balaban J connectivity index is 0.000000124. The van der Waals surface area contributed by atoms with E-state index in [4.69, 9.17) is 11.6 Å². The zero-order chi connectivity index (χ0) is 60.6. The molecule has 1 N–H and O–H groups in total. The smallest absolute Gasteiger partial charge is 0.0542 e. The molecule has 18 rings (SSSR count). The predicted molar refractivity (Wildman–Crippen MR) is 385 cm³/mol. The predicted octanol–water partition coefficient (Wildman–Crippen LogP) is 24.3. The van der Waals surface area contributed by atoms with Crippen molar-refractivity contribution in [1.82, 2.24) is 9.13 Å². The highest BCUT2D eigenvalue weighted by Crippen LogP contribution is 2.54. The summed E-state index contributed by atoms with van der Waals surface area (Å²) >= 11 is 5.90. The van der Waals surface area contributed by atoms with Gasteiger partial charge in [0.05, 0.1) is 22.1 Å². The van der Waals surface area contributed by atoms with Gasteiger partial charge in [-0.2, -0.15) is 0 Å². The summed E-state index contributed by atoms with van der Waals surface area (Å²) in [6, 6.07) is 109. The lowest BCUT2D eigenvalue weighted by atomic mass is 9.83. The maximum absolute atomic E-state index is 5.90. The molecule has 4 fully saturated rings. The largest absolute Gasteiger partial charge is 0.356 e. The Hall–Kier alpha value is -9.87. The van der Waals surface area contributed by atoms with Crippen LogP contribution in [0.5, 0.6) is 0 Å². The van der Waals surface area contributed by atoms with Crippen LogP contribution in [0.15, 0.2) is 303 Å². The van der Waals surface area contributed by atoms with Crippen LogP contribution in [0.1, 0.15) is 74.3 Å². The Kier molecular flexibility index (Phi) is 15.4. The molecule has 0 spiro atoms. The van der Waals surface area contributed by atoms with E-state index in [0.717, 1.165) is 57.6 Å². The van der Waals surface area contributed by atoms with Crippen molar-refractivity contribution < 1.29 is 0 Å². The second-order valence-electron chi connectivity index (χ2n) is 25.8. The molecule has 91 heavy (non-hydrogen) atoms.